The van der Waals surface area contributed by atoms with Crippen LogP contribution in [0.3, 0.4) is 0 Å². The summed E-state index contributed by atoms with van der Waals surface area (Å²) in [5.74, 6) is -0.219. The lowest BCUT2D eigenvalue weighted by atomic mass is 10.1. The van der Waals surface area contributed by atoms with Gasteiger partial charge in [-0.05, 0) is 42.3 Å². The van der Waals surface area contributed by atoms with Crippen molar-refractivity contribution in [2.24, 2.45) is 0 Å². The average Bonchev–Trinajstić information content (AvgIpc) is 2.46. The summed E-state index contributed by atoms with van der Waals surface area (Å²) in [6, 6.07) is 15.1. The molecule has 0 unspecified atom stereocenters. The summed E-state index contributed by atoms with van der Waals surface area (Å²) in [5.41, 5.74) is 3.51. The van der Waals surface area contributed by atoms with Gasteiger partial charge in [0.1, 0.15) is 5.82 Å². The maximum absolute atomic E-state index is 13.8. The fraction of sp³-hybridized carbons (Fsp3) is 0.118. The van der Waals surface area contributed by atoms with Crippen molar-refractivity contribution in [3.8, 4) is 0 Å². The number of fused-ring (bicyclic) bond motifs is 1. The van der Waals surface area contributed by atoms with Crippen molar-refractivity contribution in [2.75, 3.05) is 5.32 Å². The number of para-hydroxylation sites is 1. The Morgan fingerprint density at radius 3 is 2.80 bits per heavy atom. The fourth-order valence-corrected chi connectivity index (χ4v) is 2.26. The highest BCUT2D eigenvalue weighted by atomic mass is 19.1. The van der Waals surface area contributed by atoms with Gasteiger partial charge in [0.25, 0.3) is 0 Å². The third-order valence-corrected chi connectivity index (χ3v) is 3.33. The SMILES string of the molecule is Cc1ccc(NCc2ccnc3ccccc23)c(F)c1. The molecule has 0 amide bonds. The van der Waals surface area contributed by atoms with Gasteiger partial charge < -0.3 is 5.32 Å². The standard InChI is InChI=1S/C17H15FN2/c1-12-6-7-17(15(18)10-12)20-11-13-8-9-19-16-5-3-2-4-14(13)16/h2-10,20H,11H2,1H3. The summed E-state index contributed by atoms with van der Waals surface area (Å²) in [5, 5.41) is 4.24. The molecule has 0 fully saturated rings. The number of aromatic nitrogens is 1. The minimum Gasteiger partial charge on any atom is -0.379 e. The molecule has 0 atom stereocenters. The number of pyridine rings is 1. The number of anilines is 1. The predicted molar refractivity (Wildman–Crippen MR) is 80.2 cm³/mol. The Morgan fingerprint density at radius 1 is 1.10 bits per heavy atom. The van der Waals surface area contributed by atoms with E-state index in [4.69, 9.17) is 0 Å². The Hall–Kier alpha value is -2.42. The molecule has 1 heterocycles. The lowest BCUT2D eigenvalue weighted by molar-refractivity contribution is 0.629. The molecule has 2 aromatic carbocycles. The van der Waals surface area contributed by atoms with E-state index in [0.717, 1.165) is 22.0 Å². The van der Waals surface area contributed by atoms with Crippen LogP contribution in [0.4, 0.5) is 10.1 Å². The highest BCUT2D eigenvalue weighted by Crippen LogP contribution is 2.20. The van der Waals surface area contributed by atoms with Gasteiger partial charge in [-0.25, -0.2) is 4.39 Å². The fourth-order valence-electron chi connectivity index (χ4n) is 2.26. The molecule has 0 bridgehead atoms. The zero-order valence-electron chi connectivity index (χ0n) is 11.2. The molecule has 1 aromatic heterocycles. The second kappa shape index (κ2) is 5.29. The van der Waals surface area contributed by atoms with Crippen molar-refractivity contribution in [1.29, 1.82) is 0 Å². The maximum atomic E-state index is 13.8. The molecule has 0 radical (unpaired) electrons. The molecular formula is C17H15FN2. The number of halogens is 1. The van der Waals surface area contributed by atoms with Crippen molar-refractivity contribution in [2.45, 2.75) is 13.5 Å². The molecular weight excluding hydrogens is 251 g/mol. The van der Waals surface area contributed by atoms with Crippen LogP contribution >= 0.6 is 0 Å². The highest BCUT2D eigenvalue weighted by Gasteiger charge is 2.04. The topological polar surface area (TPSA) is 24.9 Å². The molecule has 20 heavy (non-hydrogen) atoms. The first kappa shape index (κ1) is 12.6. The van der Waals surface area contributed by atoms with Crippen LogP contribution in [0.1, 0.15) is 11.1 Å². The second-order valence-corrected chi connectivity index (χ2v) is 4.82. The zero-order valence-corrected chi connectivity index (χ0v) is 11.2. The Balaban J connectivity index is 1.87. The Bertz CT molecular complexity index is 748. The van der Waals surface area contributed by atoms with E-state index in [1.807, 2.05) is 43.3 Å². The molecule has 1 N–H and O–H groups in total. The molecule has 3 rings (SSSR count). The molecule has 100 valence electrons. The third-order valence-electron chi connectivity index (χ3n) is 3.33. The van der Waals surface area contributed by atoms with E-state index in [-0.39, 0.29) is 5.82 Å². The summed E-state index contributed by atoms with van der Waals surface area (Å²) < 4.78 is 13.8. The van der Waals surface area contributed by atoms with Crippen LogP contribution in [0.2, 0.25) is 0 Å². The van der Waals surface area contributed by atoms with Crippen molar-refractivity contribution in [3.05, 3.63) is 71.7 Å². The number of nitrogens with zero attached hydrogens (tertiary/aromatic N) is 1. The van der Waals surface area contributed by atoms with Crippen LogP contribution < -0.4 is 5.32 Å². The molecule has 0 spiro atoms. The molecule has 0 aliphatic carbocycles. The van der Waals surface area contributed by atoms with Gasteiger partial charge in [0.15, 0.2) is 0 Å². The zero-order chi connectivity index (χ0) is 13.9. The van der Waals surface area contributed by atoms with E-state index in [0.29, 0.717) is 12.2 Å². The van der Waals surface area contributed by atoms with Gasteiger partial charge in [-0.3, -0.25) is 4.98 Å². The molecule has 2 nitrogen and oxygen atoms in total. The quantitative estimate of drug-likeness (QED) is 0.764. The monoisotopic (exact) mass is 266 g/mol. The van der Waals surface area contributed by atoms with Gasteiger partial charge in [0.05, 0.1) is 11.2 Å². The number of hydrogen-bond donors (Lipinski definition) is 1. The molecule has 3 heteroatoms. The van der Waals surface area contributed by atoms with E-state index < -0.39 is 0 Å². The molecule has 0 aliphatic heterocycles. The van der Waals surface area contributed by atoms with E-state index >= 15 is 0 Å². The smallest absolute Gasteiger partial charge is 0.146 e. The van der Waals surface area contributed by atoms with Crippen LogP contribution in [0.15, 0.2) is 54.7 Å². The van der Waals surface area contributed by atoms with Gasteiger partial charge >= 0.3 is 0 Å². The number of nitrogens with one attached hydrogen (secondary N) is 1. The van der Waals surface area contributed by atoms with E-state index in [1.165, 1.54) is 6.07 Å². The van der Waals surface area contributed by atoms with E-state index in [9.17, 15) is 4.39 Å². The van der Waals surface area contributed by atoms with Crippen LogP contribution in [0.5, 0.6) is 0 Å². The number of rotatable bonds is 3. The first-order valence-corrected chi connectivity index (χ1v) is 6.57. The normalized spacial score (nSPS) is 10.7. The number of aryl methyl sites for hydroxylation is 1. The van der Waals surface area contributed by atoms with Gasteiger partial charge in [-0.1, -0.05) is 24.3 Å². The Morgan fingerprint density at radius 2 is 1.95 bits per heavy atom. The molecule has 3 aromatic rings. The van der Waals surface area contributed by atoms with Gasteiger partial charge in [-0.2, -0.15) is 0 Å². The van der Waals surface area contributed by atoms with Crippen molar-refractivity contribution < 1.29 is 4.39 Å². The van der Waals surface area contributed by atoms with Crippen molar-refractivity contribution in [1.82, 2.24) is 4.98 Å². The van der Waals surface area contributed by atoms with Crippen LogP contribution in [0, 0.1) is 12.7 Å². The average molecular weight is 266 g/mol. The Kier molecular flexibility index (Phi) is 3.33. The predicted octanol–water partition coefficient (Wildman–Crippen LogP) is 4.29. The minimum atomic E-state index is -0.219. The lowest BCUT2D eigenvalue weighted by Crippen LogP contribution is -2.02. The first-order chi connectivity index (χ1) is 9.74. The van der Waals surface area contributed by atoms with Gasteiger partial charge in [0.2, 0.25) is 0 Å². The largest absolute Gasteiger partial charge is 0.379 e. The van der Waals surface area contributed by atoms with E-state index in [1.54, 1.807) is 12.3 Å². The number of hydrogen-bond acceptors (Lipinski definition) is 2. The molecule has 0 aliphatic rings. The lowest BCUT2D eigenvalue weighted by Gasteiger charge is -2.10. The van der Waals surface area contributed by atoms with Crippen LogP contribution in [-0.4, -0.2) is 4.98 Å². The summed E-state index contributed by atoms with van der Waals surface area (Å²) in [7, 11) is 0. The van der Waals surface area contributed by atoms with E-state index in [2.05, 4.69) is 10.3 Å². The molecule has 0 saturated carbocycles. The van der Waals surface area contributed by atoms with Crippen molar-refractivity contribution in [3.63, 3.8) is 0 Å². The molecule has 0 saturated heterocycles. The van der Waals surface area contributed by atoms with Crippen LogP contribution in [0.25, 0.3) is 10.9 Å². The number of benzene rings is 2. The summed E-state index contributed by atoms with van der Waals surface area (Å²) in [4.78, 5) is 4.32. The summed E-state index contributed by atoms with van der Waals surface area (Å²) >= 11 is 0. The van der Waals surface area contributed by atoms with Gasteiger partial charge in [-0.15, -0.1) is 0 Å². The van der Waals surface area contributed by atoms with Crippen LogP contribution in [-0.2, 0) is 6.54 Å². The third kappa shape index (κ3) is 2.48. The van der Waals surface area contributed by atoms with Gasteiger partial charge in [0, 0.05) is 18.1 Å². The first-order valence-electron chi connectivity index (χ1n) is 6.57. The Labute approximate surface area is 117 Å². The minimum absolute atomic E-state index is 0.219. The summed E-state index contributed by atoms with van der Waals surface area (Å²) in [6.45, 7) is 2.45. The maximum Gasteiger partial charge on any atom is 0.146 e. The second-order valence-electron chi connectivity index (χ2n) is 4.82. The summed E-state index contributed by atoms with van der Waals surface area (Å²) in [6.07, 6.45) is 1.78. The highest BCUT2D eigenvalue weighted by molar-refractivity contribution is 5.82. The van der Waals surface area contributed by atoms with Crippen molar-refractivity contribution >= 4 is 16.6 Å².